The number of aromatic nitrogens is 1. The van der Waals surface area contributed by atoms with Crippen LogP contribution in [0, 0.1) is 12.7 Å². The third-order valence-electron chi connectivity index (χ3n) is 3.82. The molecule has 1 atom stereocenters. The van der Waals surface area contributed by atoms with E-state index in [2.05, 4.69) is 20.6 Å². The fourth-order valence-electron chi connectivity index (χ4n) is 2.71. The summed E-state index contributed by atoms with van der Waals surface area (Å²) in [5.41, 5.74) is 2.22. The van der Waals surface area contributed by atoms with E-state index in [9.17, 15) is 4.39 Å². The molecule has 0 amide bonds. The molecule has 21 heavy (non-hydrogen) atoms. The number of benzene rings is 1. The lowest BCUT2D eigenvalue weighted by Crippen LogP contribution is -2.33. The van der Waals surface area contributed by atoms with Gasteiger partial charge in [-0.1, -0.05) is 0 Å². The maximum Gasteiger partial charge on any atom is 0.123 e. The van der Waals surface area contributed by atoms with Gasteiger partial charge in [0.15, 0.2) is 0 Å². The maximum absolute atomic E-state index is 12.9. The minimum atomic E-state index is -0.175. The molecule has 1 N–H and O–H groups in total. The predicted octanol–water partition coefficient (Wildman–Crippen LogP) is 3.00. The Labute approximate surface area is 128 Å². The maximum atomic E-state index is 12.9. The normalized spacial score (nSPS) is 18.4. The molecular formula is C16H20FN3S. The predicted molar refractivity (Wildman–Crippen MR) is 85.6 cm³/mol. The van der Waals surface area contributed by atoms with Crippen LogP contribution in [-0.4, -0.2) is 30.7 Å². The minimum absolute atomic E-state index is 0.175. The van der Waals surface area contributed by atoms with Crippen LogP contribution in [0.25, 0.3) is 0 Å². The number of halogens is 1. The fraction of sp³-hybridized carbons (Fsp3) is 0.438. The molecule has 1 aliphatic rings. The van der Waals surface area contributed by atoms with Gasteiger partial charge in [0.05, 0.1) is 5.01 Å². The summed E-state index contributed by atoms with van der Waals surface area (Å²) >= 11 is 1.73. The average Bonchev–Trinajstić information content (AvgIpc) is 3.09. The number of hydrogen-bond donors (Lipinski definition) is 1. The lowest BCUT2D eigenvalue weighted by Gasteiger charge is -2.19. The molecule has 1 aromatic heterocycles. The van der Waals surface area contributed by atoms with Gasteiger partial charge in [0.2, 0.25) is 0 Å². The van der Waals surface area contributed by atoms with Crippen molar-refractivity contribution in [2.24, 2.45) is 0 Å². The molecule has 0 bridgehead atoms. The van der Waals surface area contributed by atoms with Crippen molar-refractivity contribution in [3.63, 3.8) is 0 Å². The zero-order valence-corrected chi connectivity index (χ0v) is 13.0. The van der Waals surface area contributed by atoms with Crippen molar-refractivity contribution in [3.05, 3.63) is 46.2 Å². The molecular weight excluding hydrogens is 285 g/mol. The van der Waals surface area contributed by atoms with E-state index in [0.29, 0.717) is 6.04 Å². The van der Waals surface area contributed by atoms with E-state index in [1.807, 2.05) is 19.1 Å². The van der Waals surface area contributed by atoms with Gasteiger partial charge in [0.1, 0.15) is 5.82 Å². The molecule has 2 aromatic rings. The van der Waals surface area contributed by atoms with Crippen LogP contribution >= 0.6 is 11.3 Å². The quantitative estimate of drug-likeness (QED) is 0.920. The van der Waals surface area contributed by atoms with Crippen molar-refractivity contribution >= 4 is 17.0 Å². The van der Waals surface area contributed by atoms with Crippen molar-refractivity contribution in [2.45, 2.75) is 25.8 Å². The van der Waals surface area contributed by atoms with Crippen LogP contribution < -0.4 is 10.2 Å². The van der Waals surface area contributed by atoms with Gasteiger partial charge < -0.3 is 10.2 Å². The zero-order valence-electron chi connectivity index (χ0n) is 12.2. The monoisotopic (exact) mass is 305 g/mol. The largest absolute Gasteiger partial charge is 0.370 e. The van der Waals surface area contributed by atoms with Crippen LogP contribution in [0.2, 0.25) is 0 Å². The molecule has 0 spiro atoms. The Kier molecular flexibility index (Phi) is 4.51. The topological polar surface area (TPSA) is 28.2 Å². The second kappa shape index (κ2) is 6.54. The molecule has 1 aliphatic heterocycles. The van der Waals surface area contributed by atoms with E-state index in [1.165, 1.54) is 17.1 Å². The van der Waals surface area contributed by atoms with Gasteiger partial charge in [-0.25, -0.2) is 9.37 Å². The van der Waals surface area contributed by atoms with Crippen molar-refractivity contribution in [2.75, 3.05) is 24.5 Å². The number of anilines is 1. The number of nitrogens with zero attached hydrogens (tertiary/aromatic N) is 2. The van der Waals surface area contributed by atoms with Gasteiger partial charge in [-0.15, -0.1) is 11.3 Å². The third-order valence-corrected chi connectivity index (χ3v) is 4.84. The smallest absolute Gasteiger partial charge is 0.123 e. The Bertz CT molecular complexity index is 581. The van der Waals surface area contributed by atoms with Gasteiger partial charge >= 0.3 is 0 Å². The van der Waals surface area contributed by atoms with Crippen molar-refractivity contribution < 1.29 is 4.39 Å². The SMILES string of the molecule is Cc1csc(CCN[C@H]2CCN(c3ccc(F)cc3)C2)n1. The van der Waals surface area contributed by atoms with Crippen molar-refractivity contribution in [3.8, 4) is 0 Å². The van der Waals surface area contributed by atoms with E-state index < -0.39 is 0 Å². The highest BCUT2D eigenvalue weighted by molar-refractivity contribution is 7.09. The zero-order chi connectivity index (χ0) is 14.7. The highest BCUT2D eigenvalue weighted by Crippen LogP contribution is 2.20. The summed E-state index contributed by atoms with van der Waals surface area (Å²) in [4.78, 5) is 6.79. The second-order valence-electron chi connectivity index (χ2n) is 5.49. The summed E-state index contributed by atoms with van der Waals surface area (Å²) in [7, 11) is 0. The first kappa shape index (κ1) is 14.5. The van der Waals surface area contributed by atoms with Crippen LogP contribution in [0.1, 0.15) is 17.1 Å². The van der Waals surface area contributed by atoms with Crippen LogP contribution in [0.3, 0.4) is 0 Å². The fourth-order valence-corrected chi connectivity index (χ4v) is 3.49. The molecule has 1 saturated heterocycles. The number of rotatable bonds is 5. The Morgan fingerprint density at radius 1 is 1.38 bits per heavy atom. The number of thiazole rings is 1. The molecule has 112 valence electrons. The van der Waals surface area contributed by atoms with E-state index in [4.69, 9.17) is 0 Å². The summed E-state index contributed by atoms with van der Waals surface area (Å²) in [5.74, 6) is -0.175. The Balaban J connectivity index is 1.45. The summed E-state index contributed by atoms with van der Waals surface area (Å²) in [6.07, 6.45) is 2.12. The first-order chi connectivity index (χ1) is 10.2. The lowest BCUT2D eigenvalue weighted by atomic mass is 10.2. The first-order valence-electron chi connectivity index (χ1n) is 7.35. The highest BCUT2D eigenvalue weighted by Gasteiger charge is 2.22. The molecule has 5 heteroatoms. The van der Waals surface area contributed by atoms with Gasteiger partial charge in [-0.3, -0.25) is 0 Å². The van der Waals surface area contributed by atoms with Gasteiger partial charge in [0.25, 0.3) is 0 Å². The van der Waals surface area contributed by atoms with Crippen LogP contribution in [-0.2, 0) is 6.42 Å². The molecule has 1 fully saturated rings. The molecule has 3 rings (SSSR count). The third kappa shape index (κ3) is 3.80. The van der Waals surface area contributed by atoms with Crippen molar-refractivity contribution in [1.29, 1.82) is 0 Å². The second-order valence-corrected chi connectivity index (χ2v) is 6.44. The number of hydrogen-bond acceptors (Lipinski definition) is 4. The molecule has 0 aliphatic carbocycles. The molecule has 3 nitrogen and oxygen atoms in total. The highest BCUT2D eigenvalue weighted by atomic mass is 32.1. The number of nitrogens with one attached hydrogen (secondary N) is 1. The number of aryl methyl sites for hydroxylation is 1. The summed E-state index contributed by atoms with van der Waals surface area (Å²) in [6, 6.07) is 7.28. The van der Waals surface area contributed by atoms with Gasteiger partial charge in [-0.2, -0.15) is 0 Å². The molecule has 0 radical (unpaired) electrons. The molecule has 0 saturated carbocycles. The summed E-state index contributed by atoms with van der Waals surface area (Å²) in [5, 5.41) is 6.90. The van der Waals surface area contributed by atoms with Gasteiger partial charge in [0, 0.05) is 48.9 Å². The summed E-state index contributed by atoms with van der Waals surface area (Å²) < 4.78 is 12.9. The van der Waals surface area contributed by atoms with E-state index in [1.54, 1.807) is 11.3 Å². The standard InChI is InChI=1S/C16H20FN3S/c1-12-11-21-16(19-12)6-8-18-14-7-9-20(10-14)15-4-2-13(17)3-5-15/h2-5,11,14,18H,6-10H2,1H3/t14-/m0/s1. The van der Waals surface area contributed by atoms with E-state index in [-0.39, 0.29) is 5.82 Å². The van der Waals surface area contributed by atoms with Crippen LogP contribution in [0.5, 0.6) is 0 Å². The first-order valence-corrected chi connectivity index (χ1v) is 8.23. The molecule has 2 heterocycles. The molecule has 1 aromatic carbocycles. The van der Waals surface area contributed by atoms with Crippen LogP contribution in [0.15, 0.2) is 29.6 Å². The van der Waals surface area contributed by atoms with Gasteiger partial charge in [-0.05, 0) is 37.6 Å². The van der Waals surface area contributed by atoms with Crippen LogP contribution in [0.4, 0.5) is 10.1 Å². The van der Waals surface area contributed by atoms with E-state index in [0.717, 1.165) is 43.9 Å². The summed E-state index contributed by atoms with van der Waals surface area (Å²) in [6.45, 7) is 5.02. The Hall–Kier alpha value is -1.46. The molecule has 0 unspecified atom stereocenters. The van der Waals surface area contributed by atoms with E-state index >= 15 is 0 Å². The van der Waals surface area contributed by atoms with Crippen molar-refractivity contribution in [1.82, 2.24) is 10.3 Å². The lowest BCUT2D eigenvalue weighted by molar-refractivity contribution is 0.554. The average molecular weight is 305 g/mol. The Morgan fingerprint density at radius 3 is 2.90 bits per heavy atom. The minimum Gasteiger partial charge on any atom is -0.370 e. The Morgan fingerprint density at radius 2 is 2.19 bits per heavy atom.